The van der Waals surface area contributed by atoms with E-state index in [0.717, 1.165) is 23.5 Å². The molecule has 1 aromatic carbocycles. The highest BCUT2D eigenvalue weighted by Crippen LogP contribution is 2.30. The molecule has 0 aliphatic carbocycles. The lowest BCUT2D eigenvalue weighted by Crippen LogP contribution is -2.35. The first-order chi connectivity index (χ1) is 14.3. The smallest absolute Gasteiger partial charge is 0.246 e. The predicted octanol–water partition coefficient (Wildman–Crippen LogP) is 1.96. The van der Waals surface area contributed by atoms with E-state index in [0.29, 0.717) is 43.3 Å². The molecule has 10 heteroatoms. The molecular formula is C20H26N6O3S. The van der Waals surface area contributed by atoms with Gasteiger partial charge in [-0.15, -0.1) is 15.3 Å². The van der Waals surface area contributed by atoms with Crippen molar-refractivity contribution in [3.63, 3.8) is 0 Å². The zero-order chi connectivity index (χ0) is 21.5. The van der Waals surface area contributed by atoms with Gasteiger partial charge in [0.2, 0.25) is 10.0 Å². The molecule has 160 valence electrons. The van der Waals surface area contributed by atoms with E-state index in [2.05, 4.69) is 20.2 Å². The maximum absolute atomic E-state index is 13.4. The molecule has 0 bridgehead atoms. The number of methoxy groups -OCH3 is 1. The van der Waals surface area contributed by atoms with E-state index >= 15 is 0 Å². The van der Waals surface area contributed by atoms with E-state index in [1.807, 2.05) is 32.9 Å². The molecule has 3 aromatic rings. The minimum Gasteiger partial charge on any atom is -0.495 e. The number of aromatic nitrogens is 4. The Labute approximate surface area is 176 Å². The average Bonchev–Trinajstić information content (AvgIpc) is 2.93. The van der Waals surface area contributed by atoms with Crippen molar-refractivity contribution in [3.8, 4) is 5.75 Å². The first kappa shape index (κ1) is 20.5. The van der Waals surface area contributed by atoms with Crippen LogP contribution in [0.3, 0.4) is 0 Å². The lowest BCUT2D eigenvalue weighted by atomic mass is 10.1. The van der Waals surface area contributed by atoms with E-state index in [-0.39, 0.29) is 4.90 Å². The predicted molar refractivity (Wildman–Crippen MR) is 114 cm³/mol. The first-order valence-corrected chi connectivity index (χ1v) is 11.3. The van der Waals surface area contributed by atoms with Crippen molar-refractivity contribution in [1.82, 2.24) is 24.1 Å². The molecule has 9 nitrogen and oxygen atoms in total. The molecule has 0 saturated carbocycles. The fourth-order valence-corrected chi connectivity index (χ4v) is 5.37. The van der Waals surface area contributed by atoms with Crippen LogP contribution in [-0.2, 0) is 10.0 Å². The summed E-state index contributed by atoms with van der Waals surface area (Å²) in [4.78, 5) is 2.33. The van der Waals surface area contributed by atoms with Gasteiger partial charge >= 0.3 is 0 Å². The van der Waals surface area contributed by atoms with E-state index < -0.39 is 10.0 Å². The van der Waals surface area contributed by atoms with Crippen molar-refractivity contribution < 1.29 is 13.2 Å². The molecular weight excluding hydrogens is 404 g/mol. The fraction of sp³-hybridized carbons (Fsp3) is 0.450. The van der Waals surface area contributed by atoms with Crippen LogP contribution in [0.2, 0.25) is 0 Å². The quantitative estimate of drug-likeness (QED) is 0.625. The summed E-state index contributed by atoms with van der Waals surface area (Å²) in [7, 11) is -2.17. The second-order valence-electron chi connectivity index (χ2n) is 7.54. The highest BCUT2D eigenvalue weighted by atomic mass is 32.2. The zero-order valence-corrected chi connectivity index (χ0v) is 18.5. The summed E-state index contributed by atoms with van der Waals surface area (Å²) in [5.41, 5.74) is 2.61. The standard InChI is InChI=1S/C20H26N6O3S/c1-14-12-17(29-4)18(13-15(14)2)30(27,28)25-9-5-8-24(10-11-25)20-7-6-19-22-21-16(3)26(19)23-20/h6-7,12-13H,5,8-11H2,1-4H3. The molecule has 3 heterocycles. The van der Waals surface area contributed by atoms with Gasteiger partial charge in [-0.25, -0.2) is 8.42 Å². The van der Waals surface area contributed by atoms with Gasteiger partial charge in [-0.3, -0.25) is 0 Å². The second kappa shape index (κ2) is 7.84. The highest BCUT2D eigenvalue weighted by molar-refractivity contribution is 7.89. The molecule has 0 atom stereocenters. The lowest BCUT2D eigenvalue weighted by Gasteiger charge is -2.23. The molecule has 0 unspecified atom stereocenters. The Morgan fingerprint density at radius 2 is 1.73 bits per heavy atom. The zero-order valence-electron chi connectivity index (χ0n) is 17.7. The van der Waals surface area contributed by atoms with Crippen LogP contribution in [0.25, 0.3) is 5.65 Å². The molecule has 30 heavy (non-hydrogen) atoms. The van der Waals surface area contributed by atoms with Gasteiger partial charge in [-0.2, -0.15) is 8.82 Å². The third kappa shape index (κ3) is 3.61. The normalized spacial score (nSPS) is 16.1. The van der Waals surface area contributed by atoms with Gasteiger partial charge in [-0.05, 0) is 62.6 Å². The monoisotopic (exact) mass is 430 g/mol. The van der Waals surface area contributed by atoms with Gasteiger partial charge in [0.05, 0.1) is 7.11 Å². The van der Waals surface area contributed by atoms with Crippen molar-refractivity contribution in [2.24, 2.45) is 0 Å². The van der Waals surface area contributed by atoms with Gasteiger partial charge in [0.25, 0.3) is 0 Å². The van der Waals surface area contributed by atoms with Gasteiger partial charge in [-0.1, -0.05) is 0 Å². The molecule has 1 saturated heterocycles. The van der Waals surface area contributed by atoms with Crippen molar-refractivity contribution in [1.29, 1.82) is 0 Å². The number of rotatable bonds is 4. The Morgan fingerprint density at radius 3 is 2.50 bits per heavy atom. The number of aryl methyl sites for hydroxylation is 3. The van der Waals surface area contributed by atoms with Crippen molar-refractivity contribution in [2.75, 3.05) is 38.2 Å². The van der Waals surface area contributed by atoms with Gasteiger partial charge in [0, 0.05) is 26.2 Å². The summed E-state index contributed by atoms with van der Waals surface area (Å²) in [6.45, 7) is 7.79. The van der Waals surface area contributed by atoms with Crippen LogP contribution in [-0.4, -0.2) is 65.8 Å². The Balaban J connectivity index is 1.59. The molecule has 0 spiro atoms. The van der Waals surface area contributed by atoms with Crippen molar-refractivity contribution in [2.45, 2.75) is 32.1 Å². The largest absolute Gasteiger partial charge is 0.495 e. The van der Waals surface area contributed by atoms with E-state index in [1.54, 1.807) is 21.0 Å². The summed E-state index contributed by atoms with van der Waals surface area (Å²) in [6.07, 6.45) is 0.702. The first-order valence-electron chi connectivity index (χ1n) is 9.90. The Kier molecular flexibility index (Phi) is 5.37. The number of nitrogens with zero attached hydrogens (tertiary/aromatic N) is 6. The average molecular weight is 431 g/mol. The van der Waals surface area contributed by atoms with Gasteiger partial charge in [0.1, 0.15) is 16.5 Å². The fourth-order valence-electron chi connectivity index (χ4n) is 3.68. The van der Waals surface area contributed by atoms with Crippen LogP contribution in [0.4, 0.5) is 5.82 Å². The Morgan fingerprint density at radius 1 is 0.967 bits per heavy atom. The summed E-state index contributed by atoms with van der Waals surface area (Å²) in [6, 6.07) is 7.27. The molecule has 2 aromatic heterocycles. The molecule has 0 N–H and O–H groups in total. The van der Waals surface area contributed by atoms with E-state index in [9.17, 15) is 8.42 Å². The topological polar surface area (TPSA) is 92.9 Å². The summed E-state index contributed by atoms with van der Waals surface area (Å²) >= 11 is 0. The molecule has 1 aliphatic heterocycles. The minimum atomic E-state index is -3.67. The van der Waals surface area contributed by atoms with Gasteiger partial charge in [0.15, 0.2) is 11.5 Å². The number of anilines is 1. The number of ether oxygens (including phenoxy) is 1. The van der Waals surface area contributed by atoms with Gasteiger partial charge < -0.3 is 9.64 Å². The third-order valence-corrected chi connectivity index (χ3v) is 7.50. The van der Waals surface area contributed by atoms with Crippen molar-refractivity contribution >= 4 is 21.5 Å². The van der Waals surface area contributed by atoms with Crippen LogP contribution < -0.4 is 9.64 Å². The molecule has 1 aliphatic rings. The van der Waals surface area contributed by atoms with Crippen molar-refractivity contribution in [3.05, 3.63) is 41.2 Å². The number of fused-ring (bicyclic) bond motifs is 1. The van der Waals surface area contributed by atoms with Crippen LogP contribution in [0.15, 0.2) is 29.2 Å². The molecule has 4 rings (SSSR count). The number of benzene rings is 1. The molecule has 0 amide bonds. The van der Waals surface area contributed by atoms with Crippen LogP contribution in [0.5, 0.6) is 5.75 Å². The summed E-state index contributed by atoms with van der Waals surface area (Å²) in [5, 5.41) is 12.7. The number of hydrogen-bond acceptors (Lipinski definition) is 7. The maximum Gasteiger partial charge on any atom is 0.246 e. The molecule has 0 radical (unpaired) electrons. The minimum absolute atomic E-state index is 0.223. The second-order valence-corrected chi connectivity index (χ2v) is 9.45. The van der Waals surface area contributed by atoms with E-state index in [1.165, 1.54) is 7.11 Å². The summed E-state index contributed by atoms with van der Waals surface area (Å²) in [5.74, 6) is 1.88. The SMILES string of the molecule is COc1cc(C)c(C)cc1S(=O)(=O)N1CCCN(c2ccc3nnc(C)n3n2)CC1. The maximum atomic E-state index is 13.4. The lowest BCUT2D eigenvalue weighted by molar-refractivity contribution is 0.393. The van der Waals surface area contributed by atoms with Crippen LogP contribution >= 0.6 is 0 Å². The third-order valence-electron chi connectivity index (χ3n) is 5.58. The summed E-state index contributed by atoms with van der Waals surface area (Å²) < 4.78 is 35.4. The van der Waals surface area contributed by atoms with Crippen LogP contribution in [0, 0.1) is 20.8 Å². The van der Waals surface area contributed by atoms with Crippen LogP contribution in [0.1, 0.15) is 23.4 Å². The molecule has 1 fully saturated rings. The van der Waals surface area contributed by atoms with E-state index in [4.69, 9.17) is 4.74 Å². The highest BCUT2D eigenvalue weighted by Gasteiger charge is 2.30. The Bertz CT molecular complexity index is 1190. The number of sulfonamides is 1. The Hall–Kier alpha value is -2.72. The number of hydrogen-bond donors (Lipinski definition) is 0.